The molecule has 1 aromatic carbocycles. The summed E-state index contributed by atoms with van der Waals surface area (Å²) >= 11 is 13.3. The van der Waals surface area contributed by atoms with Gasteiger partial charge in [0.25, 0.3) is 11.5 Å². The van der Waals surface area contributed by atoms with Crippen LogP contribution in [0.5, 0.6) is 0 Å². The highest BCUT2D eigenvalue weighted by Gasteiger charge is 2.63. The third kappa shape index (κ3) is 3.95. The topological polar surface area (TPSA) is 53.9 Å². The van der Waals surface area contributed by atoms with Crippen molar-refractivity contribution in [2.75, 3.05) is 6.54 Å². The van der Waals surface area contributed by atoms with Crippen LogP contribution >= 0.6 is 34.5 Å². The van der Waals surface area contributed by atoms with Gasteiger partial charge in [-0.15, -0.1) is 11.3 Å². The smallest absolute Gasteiger partial charge is 0.372 e. The fourth-order valence-electron chi connectivity index (χ4n) is 3.92. The normalized spacial score (nSPS) is 20.2. The van der Waals surface area contributed by atoms with Gasteiger partial charge < -0.3 is 15.1 Å². The zero-order valence-corrected chi connectivity index (χ0v) is 19.6. The fraction of sp³-hybridized carbons (Fsp3) is 0.429. The molecular formula is C21H20Cl2F3N3O2S. The van der Waals surface area contributed by atoms with Crippen molar-refractivity contribution in [2.24, 2.45) is 5.16 Å². The first-order chi connectivity index (χ1) is 15.1. The molecule has 0 bridgehead atoms. The number of halogens is 5. The second kappa shape index (κ2) is 8.43. The quantitative estimate of drug-likeness (QED) is 0.553. The molecule has 32 heavy (non-hydrogen) atoms. The van der Waals surface area contributed by atoms with Gasteiger partial charge in [0.1, 0.15) is 5.84 Å². The maximum absolute atomic E-state index is 14.2. The SMILES string of the molecule is CCCNC(=O)c1sc2c(c1C)CN(C1=NOC(c3cc(Cl)cc(Cl)c3)(C(F)(F)F)C1)C2. The lowest BCUT2D eigenvalue weighted by Gasteiger charge is -2.30. The molecular weight excluding hydrogens is 486 g/mol. The Morgan fingerprint density at radius 3 is 2.56 bits per heavy atom. The van der Waals surface area contributed by atoms with Gasteiger partial charge in [0.15, 0.2) is 0 Å². The van der Waals surface area contributed by atoms with Gasteiger partial charge in [0.2, 0.25) is 0 Å². The van der Waals surface area contributed by atoms with Gasteiger partial charge in [-0.2, -0.15) is 13.2 Å². The fourth-order valence-corrected chi connectivity index (χ4v) is 5.70. The van der Waals surface area contributed by atoms with E-state index in [0.29, 0.717) is 24.5 Å². The van der Waals surface area contributed by atoms with Gasteiger partial charge >= 0.3 is 6.18 Å². The average Bonchev–Trinajstić information content (AvgIpc) is 3.39. The molecule has 2 aliphatic heterocycles. The minimum Gasteiger partial charge on any atom is -0.372 e. The van der Waals surface area contributed by atoms with E-state index in [1.54, 1.807) is 4.90 Å². The third-order valence-electron chi connectivity index (χ3n) is 5.65. The summed E-state index contributed by atoms with van der Waals surface area (Å²) in [5, 5.41) is 6.86. The molecule has 2 aromatic rings. The van der Waals surface area contributed by atoms with E-state index in [0.717, 1.165) is 22.4 Å². The van der Waals surface area contributed by atoms with E-state index < -0.39 is 18.2 Å². The van der Waals surface area contributed by atoms with E-state index in [1.807, 2.05) is 13.8 Å². The van der Waals surface area contributed by atoms with E-state index in [9.17, 15) is 18.0 Å². The minimum absolute atomic E-state index is 0.0843. The monoisotopic (exact) mass is 505 g/mol. The maximum atomic E-state index is 14.2. The number of alkyl halides is 3. The van der Waals surface area contributed by atoms with E-state index in [1.165, 1.54) is 29.5 Å². The zero-order valence-electron chi connectivity index (χ0n) is 17.3. The van der Waals surface area contributed by atoms with E-state index in [2.05, 4.69) is 10.5 Å². The third-order valence-corrected chi connectivity index (χ3v) is 7.40. The molecule has 3 heterocycles. The second-order valence-electron chi connectivity index (χ2n) is 7.83. The number of carbonyl (C=O) groups excluding carboxylic acids is 1. The summed E-state index contributed by atoms with van der Waals surface area (Å²) in [5.41, 5.74) is -1.05. The Balaban J connectivity index is 1.56. The average molecular weight is 506 g/mol. The number of amides is 1. The summed E-state index contributed by atoms with van der Waals surface area (Å²) in [4.78, 5) is 20.8. The molecule has 1 amide bonds. The molecule has 2 aliphatic rings. The van der Waals surface area contributed by atoms with Crippen molar-refractivity contribution in [3.05, 3.63) is 54.7 Å². The highest BCUT2D eigenvalue weighted by atomic mass is 35.5. The van der Waals surface area contributed by atoms with E-state index in [4.69, 9.17) is 28.0 Å². The summed E-state index contributed by atoms with van der Waals surface area (Å²) in [5.74, 6) is 0.0731. The van der Waals surface area contributed by atoms with Crippen molar-refractivity contribution in [1.29, 1.82) is 0 Å². The molecule has 172 valence electrons. The van der Waals surface area contributed by atoms with Crippen LogP contribution in [0.25, 0.3) is 0 Å². The molecule has 11 heteroatoms. The molecule has 1 N–H and O–H groups in total. The van der Waals surface area contributed by atoms with Crippen LogP contribution < -0.4 is 5.32 Å². The van der Waals surface area contributed by atoms with Crippen LogP contribution in [0, 0.1) is 6.92 Å². The summed E-state index contributed by atoms with van der Waals surface area (Å²) < 4.78 is 42.6. The number of amidine groups is 1. The number of oxime groups is 1. The Kier molecular flexibility index (Phi) is 6.11. The van der Waals surface area contributed by atoms with Crippen molar-refractivity contribution in [3.63, 3.8) is 0 Å². The lowest BCUT2D eigenvalue weighted by molar-refractivity contribution is -0.275. The minimum atomic E-state index is -4.74. The van der Waals surface area contributed by atoms with Crippen LogP contribution in [0.4, 0.5) is 13.2 Å². The Morgan fingerprint density at radius 1 is 1.28 bits per heavy atom. The van der Waals surface area contributed by atoms with Crippen LogP contribution in [0.15, 0.2) is 23.4 Å². The van der Waals surface area contributed by atoms with E-state index >= 15 is 0 Å². The highest BCUT2D eigenvalue weighted by molar-refractivity contribution is 7.14. The standard InChI is InChI=1S/C21H20Cl2F3N3O2S/c1-3-4-27-19(30)18-11(2)15-9-29(10-16(15)32-18)17-8-20(31-28-17,21(24,25)26)12-5-13(22)7-14(23)6-12/h5-7H,3-4,8-10H2,1-2H3,(H,27,30). The van der Waals surface area contributed by atoms with Crippen molar-refractivity contribution in [3.8, 4) is 0 Å². The number of rotatable bonds is 4. The van der Waals surface area contributed by atoms with Crippen molar-refractivity contribution in [1.82, 2.24) is 10.2 Å². The summed E-state index contributed by atoms with van der Waals surface area (Å²) in [7, 11) is 0. The summed E-state index contributed by atoms with van der Waals surface area (Å²) in [6.45, 7) is 5.16. The van der Waals surface area contributed by atoms with Crippen LogP contribution in [0.3, 0.4) is 0 Å². The van der Waals surface area contributed by atoms with Crippen LogP contribution in [-0.4, -0.2) is 29.4 Å². The van der Waals surface area contributed by atoms with Crippen molar-refractivity contribution >= 4 is 46.3 Å². The zero-order chi connectivity index (χ0) is 23.3. The van der Waals surface area contributed by atoms with Gasteiger partial charge in [-0.05, 0) is 42.7 Å². The van der Waals surface area contributed by atoms with Gasteiger partial charge in [0.05, 0.1) is 17.8 Å². The van der Waals surface area contributed by atoms with Crippen molar-refractivity contribution in [2.45, 2.75) is 51.6 Å². The molecule has 4 rings (SSSR count). The molecule has 0 saturated carbocycles. The first kappa shape index (κ1) is 23.2. The molecule has 0 radical (unpaired) electrons. The van der Waals surface area contributed by atoms with Gasteiger partial charge in [-0.1, -0.05) is 35.3 Å². The lowest BCUT2D eigenvalue weighted by atomic mass is 9.89. The number of hydrogen-bond donors (Lipinski definition) is 1. The molecule has 1 atom stereocenters. The van der Waals surface area contributed by atoms with Gasteiger partial charge in [0, 0.05) is 33.6 Å². The lowest BCUT2D eigenvalue weighted by Crippen LogP contribution is -2.43. The number of carbonyl (C=O) groups is 1. The molecule has 0 aliphatic carbocycles. The first-order valence-electron chi connectivity index (χ1n) is 9.98. The number of benzene rings is 1. The Labute approximate surface area is 197 Å². The number of fused-ring (bicyclic) bond motifs is 1. The summed E-state index contributed by atoms with van der Waals surface area (Å²) in [6.07, 6.45) is -4.40. The van der Waals surface area contributed by atoms with Crippen molar-refractivity contribution < 1.29 is 22.8 Å². The number of thiophene rings is 1. The predicted molar refractivity (Wildman–Crippen MR) is 118 cm³/mol. The Hall–Kier alpha value is -1.97. The molecule has 0 saturated heterocycles. The largest absolute Gasteiger partial charge is 0.435 e. The molecule has 1 unspecified atom stereocenters. The number of nitrogens with zero attached hydrogens (tertiary/aromatic N) is 2. The molecule has 0 fully saturated rings. The molecule has 5 nitrogen and oxygen atoms in total. The Bertz CT molecular complexity index is 1080. The Morgan fingerprint density at radius 2 is 1.97 bits per heavy atom. The van der Waals surface area contributed by atoms with E-state index in [-0.39, 0.29) is 27.4 Å². The highest BCUT2D eigenvalue weighted by Crippen LogP contribution is 2.50. The van der Waals surface area contributed by atoms with Crippen LogP contribution in [0.2, 0.25) is 10.0 Å². The molecule has 0 spiro atoms. The maximum Gasteiger partial charge on any atom is 0.435 e. The number of nitrogens with one attached hydrogen (secondary N) is 1. The van der Waals surface area contributed by atoms with Crippen LogP contribution in [-0.2, 0) is 23.5 Å². The van der Waals surface area contributed by atoms with Gasteiger partial charge in [-0.3, -0.25) is 4.79 Å². The second-order valence-corrected chi connectivity index (χ2v) is 9.81. The van der Waals surface area contributed by atoms with Gasteiger partial charge in [-0.25, -0.2) is 0 Å². The molecule has 1 aromatic heterocycles. The summed E-state index contributed by atoms with van der Waals surface area (Å²) in [6, 6.07) is 3.76. The van der Waals surface area contributed by atoms with Crippen LogP contribution in [0.1, 0.15) is 51.0 Å². The first-order valence-corrected chi connectivity index (χ1v) is 11.6. The number of hydrogen-bond acceptors (Lipinski definition) is 5. The predicted octanol–water partition coefficient (Wildman–Crippen LogP) is 6.01.